The summed E-state index contributed by atoms with van der Waals surface area (Å²) in [4.78, 5) is 15.8. The zero-order chi connectivity index (χ0) is 18.9. The summed E-state index contributed by atoms with van der Waals surface area (Å²) in [7, 11) is 0. The van der Waals surface area contributed by atoms with Crippen LogP contribution < -0.4 is 5.73 Å². The number of benzene rings is 1. The molecule has 2 aromatic rings. The van der Waals surface area contributed by atoms with Gasteiger partial charge in [0.2, 0.25) is 5.91 Å². The van der Waals surface area contributed by atoms with Gasteiger partial charge in [0, 0.05) is 11.1 Å². The molecule has 0 spiro atoms. The van der Waals surface area contributed by atoms with Crippen molar-refractivity contribution in [2.24, 2.45) is 5.73 Å². The molecule has 0 fully saturated rings. The van der Waals surface area contributed by atoms with E-state index in [9.17, 15) is 10.1 Å². The quantitative estimate of drug-likeness (QED) is 0.587. The molecular formula is C21H19N3OS. The third-order valence-electron chi connectivity index (χ3n) is 3.47. The van der Waals surface area contributed by atoms with Crippen molar-refractivity contribution in [3.05, 3.63) is 78.4 Å². The van der Waals surface area contributed by atoms with E-state index in [2.05, 4.69) is 17.6 Å². The first-order valence-corrected chi connectivity index (χ1v) is 8.95. The molecule has 0 unspecified atom stereocenters. The number of rotatable bonds is 7. The molecule has 1 aromatic heterocycles. The third kappa shape index (κ3) is 4.95. The van der Waals surface area contributed by atoms with Gasteiger partial charge in [0.1, 0.15) is 11.1 Å². The summed E-state index contributed by atoms with van der Waals surface area (Å²) in [6.07, 6.45) is 7.50. The fourth-order valence-electron chi connectivity index (χ4n) is 2.26. The maximum atomic E-state index is 11.2. The number of hydrogen-bond donors (Lipinski definition) is 1. The number of thioether (sulfide) groups is 1. The van der Waals surface area contributed by atoms with Gasteiger partial charge in [-0.2, -0.15) is 5.26 Å². The van der Waals surface area contributed by atoms with Crippen molar-refractivity contribution < 1.29 is 4.79 Å². The highest BCUT2D eigenvalue weighted by molar-refractivity contribution is 8.00. The molecule has 26 heavy (non-hydrogen) atoms. The van der Waals surface area contributed by atoms with Crippen LogP contribution >= 0.6 is 11.8 Å². The maximum absolute atomic E-state index is 11.2. The molecule has 0 radical (unpaired) electrons. The molecule has 2 rings (SSSR count). The monoisotopic (exact) mass is 361 g/mol. The van der Waals surface area contributed by atoms with Gasteiger partial charge in [-0.25, -0.2) is 4.98 Å². The Kier molecular flexibility index (Phi) is 6.95. The van der Waals surface area contributed by atoms with E-state index < -0.39 is 5.91 Å². The Morgan fingerprint density at radius 3 is 2.69 bits per heavy atom. The fraction of sp³-hybridized carbons (Fsp3) is 0.0952. The Hall–Kier alpha value is -3.10. The molecule has 0 saturated carbocycles. The normalized spacial score (nSPS) is 10.9. The number of primary amides is 1. The van der Waals surface area contributed by atoms with Gasteiger partial charge in [0.15, 0.2) is 0 Å². The highest BCUT2D eigenvalue weighted by atomic mass is 32.2. The minimum absolute atomic E-state index is 0.0558. The lowest BCUT2D eigenvalue weighted by Crippen LogP contribution is -2.13. The molecule has 0 aliphatic heterocycles. The summed E-state index contributed by atoms with van der Waals surface area (Å²) < 4.78 is 0. The number of carbonyl (C=O) groups is 1. The summed E-state index contributed by atoms with van der Waals surface area (Å²) >= 11 is 1.16. The molecule has 0 atom stereocenters. The van der Waals surface area contributed by atoms with Crippen LogP contribution in [0.4, 0.5) is 0 Å². The Labute approximate surface area is 157 Å². The minimum Gasteiger partial charge on any atom is -0.369 e. The largest absolute Gasteiger partial charge is 0.369 e. The van der Waals surface area contributed by atoms with Gasteiger partial charge in [-0.1, -0.05) is 73.0 Å². The first-order valence-electron chi connectivity index (χ1n) is 7.97. The van der Waals surface area contributed by atoms with E-state index in [-0.39, 0.29) is 5.75 Å². The molecule has 0 aliphatic rings. The number of nitrogens with two attached hydrogens (primary N) is 1. The highest BCUT2D eigenvalue weighted by Crippen LogP contribution is 2.31. The number of pyridine rings is 1. The van der Waals surface area contributed by atoms with Crippen LogP contribution in [0.5, 0.6) is 0 Å². The number of amides is 1. The summed E-state index contributed by atoms with van der Waals surface area (Å²) in [6, 6.07) is 13.7. The van der Waals surface area contributed by atoms with Crippen molar-refractivity contribution in [1.29, 1.82) is 5.26 Å². The number of aromatic nitrogens is 1. The summed E-state index contributed by atoms with van der Waals surface area (Å²) in [5.74, 6) is -0.403. The van der Waals surface area contributed by atoms with Crippen LogP contribution in [-0.4, -0.2) is 16.6 Å². The maximum Gasteiger partial charge on any atom is 0.227 e. The lowest BCUT2D eigenvalue weighted by atomic mass is 10.00. The number of hydrogen-bond acceptors (Lipinski definition) is 4. The van der Waals surface area contributed by atoms with Crippen LogP contribution in [0.25, 0.3) is 16.8 Å². The average Bonchev–Trinajstić information content (AvgIpc) is 2.66. The SMILES string of the molecule is C=C(/C=C\C=C/C)c1cc(-c2ccccc2)nc(SCC(N)=O)c1C#N. The zero-order valence-electron chi connectivity index (χ0n) is 14.5. The standard InChI is InChI=1S/C21H19N3OS/c1-3-4-6-9-15(2)17-12-19(16-10-7-5-8-11-16)24-21(18(17)13-22)26-14-20(23)25/h3-12H,2,14H2,1H3,(H2,23,25)/b4-3-,9-6-. The van der Waals surface area contributed by atoms with Gasteiger partial charge < -0.3 is 5.73 Å². The molecular weight excluding hydrogens is 342 g/mol. The third-order valence-corrected chi connectivity index (χ3v) is 4.46. The van der Waals surface area contributed by atoms with Gasteiger partial charge >= 0.3 is 0 Å². The van der Waals surface area contributed by atoms with E-state index in [1.54, 1.807) is 0 Å². The second kappa shape index (κ2) is 9.40. The van der Waals surface area contributed by atoms with Crippen molar-refractivity contribution >= 4 is 23.2 Å². The van der Waals surface area contributed by atoms with Crippen molar-refractivity contribution in [1.82, 2.24) is 4.98 Å². The van der Waals surface area contributed by atoms with Crippen LogP contribution in [0, 0.1) is 11.3 Å². The van der Waals surface area contributed by atoms with Crippen molar-refractivity contribution in [2.75, 3.05) is 5.75 Å². The molecule has 5 heteroatoms. The lowest BCUT2D eigenvalue weighted by Gasteiger charge is -2.12. The Balaban J connectivity index is 2.59. The fourth-order valence-corrected chi connectivity index (χ4v) is 3.00. The molecule has 0 bridgehead atoms. The Morgan fingerprint density at radius 2 is 2.08 bits per heavy atom. The predicted molar refractivity (Wildman–Crippen MR) is 107 cm³/mol. The minimum atomic E-state index is -0.459. The van der Waals surface area contributed by atoms with Gasteiger partial charge in [0.25, 0.3) is 0 Å². The van der Waals surface area contributed by atoms with Gasteiger partial charge in [0.05, 0.1) is 17.0 Å². The van der Waals surface area contributed by atoms with E-state index in [0.717, 1.165) is 17.3 Å². The van der Waals surface area contributed by atoms with Crippen molar-refractivity contribution in [3.63, 3.8) is 0 Å². The molecule has 0 saturated heterocycles. The van der Waals surface area contributed by atoms with Crippen LogP contribution in [0.1, 0.15) is 18.1 Å². The van der Waals surface area contributed by atoms with Crippen LogP contribution in [-0.2, 0) is 4.79 Å². The van der Waals surface area contributed by atoms with Gasteiger partial charge in [-0.15, -0.1) is 0 Å². The van der Waals surface area contributed by atoms with E-state index in [1.165, 1.54) is 0 Å². The van der Waals surface area contributed by atoms with Crippen LogP contribution in [0.3, 0.4) is 0 Å². The topological polar surface area (TPSA) is 79.8 Å². The molecule has 1 heterocycles. The van der Waals surface area contributed by atoms with Crippen molar-refractivity contribution in [3.8, 4) is 17.3 Å². The second-order valence-corrected chi connectivity index (χ2v) is 6.34. The Morgan fingerprint density at radius 1 is 1.35 bits per heavy atom. The first kappa shape index (κ1) is 19.2. The molecule has 4 nitrogen and oxygen atoms in total. The zero-order valence-corrected chi connectivity index (χ0v) is 15.3. The Bertz CT molecular complexity index is 909. The number of carbonyl (C=O) groups excluding carboxylic acids is 1. The summed E-state index contributed by atoms with van der Waals surface area (Å²) in [5.41, 5.74) is 8.67. The number of nitriles is 1. The lowest BCUT2D eigenvalue weighted by molar-refractivity contribution is -0.115. The van der Waals surface area contributed by atoms with Crippen molar-refractivity contribution in [2.45, 2.75) is 11.9 Å². The van der Waals surface area contributed by atoms with E-state index in [0.29, 0.717) is 27.4 Å². The smallest absolute Gasteiger partial charge is 0.227 e. The molecule has 0 aliphatic carbocycles. The summed E-state index contributed by atoms with van der Waals surface area (Å²) in [6.45, 7) is 6.00. The first-order chi connectivity index (χ1) is 12.6. The molecule has 2 N–H and O–H groups in total. The highest BCUT2D eigenvalue weighted by Gasteiger charge is 2.16. The number of nitrogens with zero attached hydrogens (tertiary/aromatic N) is 2. The van der Waals surface area contributed by atoms with E-state index in [1.807, 2.05) is 67.6 Å². The van der Waals surface area contributed by atoms with Gasteiger partial charge in [-0.3, -0.25) is 4.79 Å². The molecule has 130 valence electrons. The van der Waals surface area contributed by atoms with Crippen LogP contribution in [0.15, 0.2) is 72.3 Å². The second-order valence-electron chi connectivity index (χ2n) is 5.38. The molecule has 1 aromatic carbocycles. The molecule has 1 amide bonds. The average molecular weight is 361 g/mol. The van der Waals surface area contributed by atoms with E-state index in [4.69, 9.17) is 5.73 Å². The predicted octanol–water partition coefficient (Wildman–Crippen LogP) is 4.34. The summed E-state index contributed by atoms with van der Waals surface area (Å²) in [5, 5.41) is 10.1. The number of allylic oxidation sites excluding steroid dienone is 5. The van der Waals surface area contributed by atoms with E-state index >= 15 is 0 Å². The van der Waals surface area contributed by atoms with Crippen LogP contribution in [0.2, 0.25) is 0 Å². The van der Waals surface area contributed by atoms with Gasteiger partial charge in [-0.05, 0) is 18.6 Å².